The molecule has 0 aliphatic rings. The number of fused-ring (bicyclic) bond motifs is 1. The average Bonchev–Trinajstić information content (AvgIpc) is 3.13. The Morgan fingerprint density at radius 2 is 2.30 bits per heavy atom. The van der Waals surface area contributed by atoms with Crippen molar-refractivity contribution >= 4 is 23.3 Å². The molecule has 0 aliphatic carbocycles. The molecule has 0 saturated carbocycles. The Hall–Kier alpha value is -2.35. The maximum absolute atomic E-state index is 11.8. The van der Waals surface area contributed by atoms with Crippen LogP contribution in [0.15, 0.2) is 35.1 Å². The number of amides is 1. The molecule has 8 heteroatoms. The highest BCUT2D eigenvalue weighted by Crippen LogP contribution is 2.08. The van der Waals surface area contributed by atoms with Crippen molar-refractivity contribution in [1.82, 2.24) is 24.8 Å². The molecule has 3 aromatic heterocycles. The summed E-state index contributed by atoms with van der Waals surface area (Å²) in [6, 6.07) is 5.87. The van der Waals surface area contributed by atoms with Crippen LogP contribution < -0.4 is 5.32 Å². The predicted octanol–water partition coefficient (Wildman–Crippen LogP) is 1.62. The largest absolute Gasteiger partial charge is 0.355 e. The van der Waals surface area contributed by atoms with E-state index in [1.165, 1.54) is 11.8 Å². The summed E-state index contributed by atoms with van der Waals surface area (Å²) >= 11 is 1.46. The number of hydrogen-bond donors (Lipinski definition) is 1. The Balaban J connectivity index is 1.37. The molecule has 0 saturated heterocycles. The number of hydrogen-bond acceptors (Lipinski definition) is 6. The Morgan fingerprint density at radius 1 is 1.39 bits per heavy atom. The highest BCUT2D eigenvalue weighted by molar-refractivity contribution is 7.99. The molecule has 3 aromatic rings. The molecule has 0 aromatic carbocycles. The number of aryl methyl sites for hydroxylation is 1. The Labute approximate surface area is 137 Å². The molecule has 0 unspecified atom stereocenters. The van der Waals surface area contributed by atoms with Crippen LogP contribution >= 0.6 is 11.8 Å². The molecule has 0 bridgehead atoms. The van der Waals surface area contributed by atoms with Crippen LogP contribution in [-0.4, -0.2) is 37.7 Å². The summed E-state index contributed by atoms with van der Waals surface area (Å²) < 4.78 is 6.85. The van der Waals surface area contributed by atoms with Crippen molar-refractivity contribution in [2.75, 3.05) is 12.3 Å². The summed E-state index contributed by atoms with van der Waals surface area (Å²) in [4.78, 5) is 20.4. The second kappa shape index (κ2) is 7.28. The third-order valence-electron chi connectivity index (χ3n) is 3.15. The number of imidazole rings is 1. The van der Waals surface area contributed by atoms with Gasteiger partial charge in [-0.3, -0.25) is 4.79 Å². The first-order valence-corrected chi connectivity index (χ1v) is 8.42. The minimum atomic E-state index is -0.000944. The van der Waals surface area contributed by atoms with Gasteiger partial charge in [0.05, 0.1) is 17.2 Å². The number of carbonyl (C=O) groups is 1. The molecule has 0 fully saturated rings. The summed E-state index contributed by atoms with van der Waals surface area (Å²) in [6.07, 6.45) is 4.65. The topological polar surface area (TPSA) is 85.3 Å². The number of carbonyl (C=O) groups excluding carboxylic acids is 1. The third-order valence-corrected chi connectivity index (χ3v) is 4.08. The van der Waals surface area contributed by atoms with E-state index < -0.39 is 0 Å². The van der Waals surface area contributed by atoms with Gasteiger partial charge in [-0.05, 0) is 12.1 Å². The Kier molecular flexibility index (Phi) is 4.92. The zero-order valence-corrected chi connectivity index (χ0v) is 13.5. The number of pyridine rings is 1. The van der Waals surface area contributed by atoms with Gasteiger partial charge in [0.25, 0.3) is 0 Å². The maximum Gasteiger partial charge on any atom is 0.230 e. The lowest BCUT2D eigenvalue weighted by molar-refractivity contribution is -0.118. The molecular weight excluding hydrogens is 314 g/mol. The summed E-state index contributed by atoms with van der Waals surface area (Å²) in [7, 11) is 0. The lowest BCUT2D eigenvalue weighted by atomic mass is 10.3. The first-order valence-electron chi connectivity index (χ1n) is 7.27. The molecule has 0 atom stereocenters. The van der Waals surface area contributed by atoms with E-state index in [-0.39, 0.29) is 5.91 Å². The quantitative estimate of drug-likeness (QED) is 0.708. The molecule has 3 heterocycles. The van der Waals surface area contributed by atoms with Gasteiger partial charge >= 0.3 is 0 Å². The first-order chi connectivity index (χ1) is 11.2. The number of thioether (sulfide) groups is 1. The van der Waals surface area contributed by atoms with Gasteiger partial charge in [-0.15, -0.1) is 11.8 Å². The molecule has 1 amide bonds. The van der Waals surface area contributed by atoms with Crippen LogP contribution in [0.5, 0.6) is 0 Å². The second-order valence-electron chi connectivity index (χ2n) is 5.02. The molecular formula is C15H17N5O2S. The van der Waals surface area contributed by atoms with Crippen molar-refractivity contribution in [3.63, 3.8) is 0 Å². The molecule has 120 valence electrons. The average molecular weight is 331 g/mol. The molecule has 7 nitrogen and oxygen atoms in total. The van der Waals surface area contributed by atoms with E-state index in [9.17, 15) is 4.79 Å². The minimum absolute atomic E-state index is 0.000944. The van der Waals surface area contributed by atoms with Crippen molar-refractivity contribution in [1.29, 1.82) is 0 Å². The second-order valence-corrected chi connectivity index (χ2v) is 6.01. The van der Waals surface area contributed by atoms with Crippen LogP contribution in [0.1, 0.15) is 17.4 Å². The molecule has 0 spiro atoms. The van der Waals surface area contributed by atoms with Gasteiger partial charge in [-0.2, -0.15) is 4.98 Å². The van der Waals surface area contributed by atoms with E-state index >= 15 is 0 Å². The van der Waals surface area contributed by atoms with E-state index in [1.54, 1.807) is 6.92 Å². The lowest BCUT2D eigenvalue weighted by Crippen LogP contribution is -2.27. The zero-order chi connectivity index (χ0) is 16.1. The summed E-state index contributed by atoms with van der Waals surface area (Å²) in [5.74, 6) is 2.09. The van der Waals surface area contributed by atoms with E-state index in [0.717, 1.165) is 11.3 Å². The van der Waals surface area contributed by atoms with Gasteiger partial charge in [0.15, 0.2) is 5.82 Å². The number of rotatable bonds is 7. The molecule has 1 N–H and O–H groups in total. The van der Waals surface area contributed by atoms with E-state index in [0.29, 0.717) is 36.2 Å². The van der Waals surface area contributed by atoms with Crippen molar-refractivity contribution in [3.05, 3.63) is 48.0 Å². The number of aromatic nitrogens is 4. The van der Waals surface area contributed by atoms with Crippen LogP contribution in [0.2, 0.25) is 0 Å². The van der Waals surface area contributed by atoms with Gasteiger partial charge in [0.2, 0.25) is 11.8 Å². The van der Waals surface area contributed by atoms with Gasteiger partial charge in [-0.1, -0.05) is 11.2 Å². The van der Waals surface area contributed by atoms with Crippen LogP contribution in [-0.2, 0) is 17.0 Å². The van der Waals surface area contributed by atoms with Gasteiger partial charge in [0, 0.05) is 32.3 Å². The fraction of sp³-hybridized carbons (Fsp3) is 0.333. The SMILES string of the molecule is Cc1nc(CSCC(=O)NCCc2cn3ccccc3n2)no1. The Morgan fingerprint density at radius 3 is 3.09 bits per heavy atom. The van der Waals surface area contributed by atoms with Gasteiger partial charge in [-0.25, -0.2) is 4.98 Å². The van der Waals surface area contributed by atoms with Crippen molar-refractivity contribution in [2.45, 2.75) is 19.1 Å². The van der Waals surface area contributed by atoms with E-state index in [2.05, 4.69) is 20.4 Å². The lowest BCUT2D eigenvalue weighted by Gasteiger charge is -2.02. The Bertz CT molecular complexity index is 765. The van der Waals surface area contributed by atoms with Crippen LogP contribution in [0.3, 0.4) is 0 Å². The summed E-state index contributed by atoms with van der Waals surface area (Å²) in [5, 5.41) is 6.68. The predicted molar refractivity (Wildman–Crippen MR) is 87.1 cm³/mol. The van der Waals surface area contributed by atoms with Gasteiger partial charge < -0.3 is 14.2 Å². The fourth-order valence-corrected chi connectivity index (χ4v) is 2.81. The van der Waals surface area contributed by atoms with Crippen LogP contribution in [0, 0.1) is 6.92 Å². The highest BCUT2D eigenvalue weighted by Gasteiger charge is 2.06. The molecule has 0 aliphatic heterocycles. The van der Waals surface area contributed by atoms with E-state index in [1.807, 2.05) is 35.0 Å². The maximum atomic E-state index is 11.8. The smallest absolute Gasteiger partial charge is 0.230 e. The first kappa shape index (κ1) is 15.5. The van der Waals surface area contributed by atoms with Crippen LogP contribution in [0.25, 0.3) is 5.65 Å². The monoisotopic (exact) mass is 331 g/mol. The molecule has 0 radical (unpaired) electrons. The fourth-order valence-electron chi connectivity index (χ4n) is 2.12. The minimum Gasteiger partial charge on any atom is -0.355 e. The van der Waals surface area contributed by atoms with Crippen molar-refractivity contribution in [2.24, 2.45) is 0 Å². The standard InChI is InChI=1S/C15H17N5O2S/c1-11-17-13(19-22-11)9-23-10-15(21)16-6-5-12-8-20-7-3-2-4-14(20)18-12/h2-4,7-8H,5-6,9-10H2,1H3,(H,16,21). The third kappa shape index (κ3) is 4.32. The highest BCUT2D eigenvalue weighted by atomic mass is 32.2. The van der Waals surface area contributed by atoms with Gasteiger partial charge in [0.1, 0.15) is 5.65 Å². The number of nitrogens with zero attached hydrogens (tertiary/aromatic N) is 4. The number of nitrogens with one attached hydrogen (secondary N) is 1. The van der Waals surface area contributed by atoms with Crippen molar-refractivity contribution < 1.29 is 9.32 Å². The van der Waals surface area contributed by atoms with Crippen LogP contribution in [0.4, 0.5) is 0 Å². The molecule has 3 rings (SSSR count). The molecule has 23 heavy (non-hydrogen) atoms. The normalized spacial score (nSPS) is 11.0. The zero-order valence-electron chi connectivity index (χ0n) is 12.7. The summed E-state index contributed by atoms with van der Waals surface area (Å²) in [5.41, 5.74) is 1.88. The van der Waals surface area contributed by atoms with Crippen molar-refractivity contribution in [3.8, 4) is 0 Å². The summed E-state index contributed by atoms with van der Waals surface area (Å²) in [6.45, 7) is 2.32. The van der Waals surface area contributed by atoms with E-state index in [4.69, 9.17) is 4.52 Å².